The van der Waals surface area contributed by atoms with Gasteiger partial charge in [0, 0.05) is 16.3 Å². The van der Waals surface area contributed by atoms with Crippen molar-refractivity contribution in [1.82, 2.24) is 0 Å². The van der Waals surface area contributed by atoms with Gasteiger partial charge < -0.3 is 14.3 Å². The van der Waals surface area contributed by atoms with Gasteiger partial charge in [-0.3, -0.25) is 14.5 Å². The van der Waals surface area contributed by atoms with Crippen LogP contribution in [0.2, 0.25) is 5.02 Å². The number of anilines is 1. The number of Topliss-reactive ketones (excluding diaryl/α,β-unsaturated/α-hetero) is 1. The van der Waals surface area contributed by atoms with Gasteiger partial charge in [0.05, 0.1) is 12.2 Å². The molecule has 1 fully saturated rings. The van der Waals surface area contributed by atoms with Crippen molar-refractivity contribution in [1.29, 1.82) is 0 Å². The van der Waals surface area contributed by atoms with Gasteiger partial charge >= 0.3 is 0 Å². The number of aliphatic hydroxyl groups is 1. The van der Waals surface area contributed by atoms with Gasteiger partial charge in [0.15, 0.2) is 0 Å². The normalized spacial score (nSPS) is 17.6. The van der Waals surface area contributed by atoms with E-state index >= 15 is 0 Å². The van der Waals surface area contributed by atoms with E-state index in [1.54, 1.807) is 61.5 Å². The van der Waals surface area contributed by atoms with Crippen LogP contribution >= 0.6 is 11.6 Å². The molecule has 1 atom stereocenters. The van der Waals surface area contributed by atoms with Gasteiger partial charge in [-0.2, -0.15) is 0 Å². The maximum absolute atomic E-state index is 13.2. The fourth-order valence-corrected chi connectivity index (χ4v) is 4.07. The van der Waals surface area contributed by atoms with Gasteiger partial charge in [-0.25, -0.2) is 0 Å². The Morgan fingerprint density at radius 1 is 1.09 bits per heavy atom. The van der Waals surface area contributed by atoms with Crippen LogP contribution in [0.4, 0.5) is 5.69 Å². The highest BCUT2D eigenvalue weighted by Crippen LogP contribution is 2.43. The molecule has 2 aromatic carbocycles. The molecule has 176 valence electrons. The van der Waals surface area contributed by atoms with E-state index < -0.39 is 17.7 Å². The minimum absolute atomic E-state index is 0.0375. The summed E-state index contributed by atoms with van der Waals surface area (Å²) < 4.78 is 11.6. The quantitative estimate of drug-likeness (QED) is 0.258. The predicted octanol–water partition coefficient (Wildman–Crippen LogP) is 6.21. The van der Waals surface area contributed by atoms with E-state index in [0.717, 1.165) is 5.56 Å². The van der Waals surface area contributed by atoms with Crippen LogP contribution in [0, 0.1) is 19.8 Å². The predicted molar refractivity (Wildman–Crippen MR) is 131 cm³/mol. The highest BCUT2D eigenvalue weighted by Gasteiger charge is 2.48. The third kappa shape index (κ3) is 4.46. The number of ether oxygens (including phenoxy) is 1. The number of nitrogens with zero attached hydrogens (tertiary/aromatic N) is 1. The molecule has 1 N–H and O–H groups in total. The minimum Gasteiger partial charge on any atom is -0.507 e. The number of aryl methyl sites for hydroxylation is 2. The van der Waals surface area contributed by atoms with Crippen LogP contribution in [0.3, 0.4) is 0 Å². The first kappa shape index (κ1) is 23.6. The Kier molecular flexibility index (Phi) is 6.53. The summed E-state index contributed by atoms with van der Waals surface area (Å²) >= 11 is 6.02. The zero-order chi connectivity index (χ0) is 24.6. The van der Waals surface area contributed by atoms with E-state index in [1.807, 2.05) is 6.92 Å². The molecule has 0 spiro atoms. The lowest BCUT2D eigenvalue weighted by atomic mass is 9.98. The van der Waals surface area contributed by atoms with E-state index in [9.17, 15) is 14.7 Å². The standard InChI is InChI=1S/C27H26ClNO5/c1-15(2)14-33-21-12-6-18(13-16(21)3)25(30)23-24(22-11-5-17(4)34-22)29(27(32)26(23)31)20-9-7-19(28)8-10-20/h5-13,15,24,30H,14H2,1-4H3/b25-23-. The number of carbonyl (C=O) groups is 2. The number of rotatable bonds is 6. The molecule has 1 amide bonds. The van der Waals surface area contributed by atoms with E-state index in [-0.39, 0.29) is 11.3 Å². The van der Waals surface area contributed by atoms with Crippen molar-refractivity contribution < 1.29 is 23.8 Å². The maximum atomic E-state index is 13.2. The molecule has 1 aromatic heterocycles. The molecule has 0 saturated carbocycles. The summed E-state index contributed by atoms with van der Waals surface area (Å²) in [6.07, 6.45) is 0. The second kappa shape index (κ2) is 9.39. The molecule has 0 radical (unpaired) electrons. The van der Waals surface area contributed by atoms with Crippen molar-refractivity contribution in [2.24, 2.45) is 5.92 Å². The SMILES string of the molecule is Cc1ccc(C2/C(=C(/O)c3ccc(OCC(C)C)c(C)c3)C(=O)C(=O)N2c2ccc(Cl)cc2)o1. The highest BCUT2D eigenvalue weighted by atomic mass is 35.5. The number of aliphatic hydroxyl groups excluding tert-OH is 1. The first-order chi connectivity index (χ1) is 16.2. The molecular formula is C27H26ClNO5. The number of furan rings is 1. The van der Waals surface area contributed by atoms with Crippen LogP contribution in [0.1, 0.15) is 42.5 Å². The van der Waals surface area contributed by atoms with Crippen molar-refractivity contribution >= 4 is 34.7 Å². The fourth-order valence-electron chi connectivity index (χ4n) is 3.94. The Morgan fingerprint density at radius 2 is 1.79 bits per heavy atom. The number of amides is 1. The van der Waals surface area contributed by atoms with Crippen molar-refractivity contribution in [3.05, 3.63) is 87.8 Å². The lowest BCUT2D eigenvalue weighted by molar-refractivity contribution is -0.132. The summed E-state index contributed by atoms with van der Waals surface area (Å²) in [5.74, 6) is 0.257. The molecule has 1 aliphatic rings. The Hall–Kier alpha value is -3.51. The zero-order valence-corrected chi connectivity index (χ0v) is 20.2. The summed E-state index contributed by atoms with van der Waals surface area (Å²) in [7, 11) is 0. The molecular weight excluding hydrogens is 454 g/mol. The Labute approximate surface area is 203 Å². The largest absolute Gasteiger partial charge is 0.507 e. The average Bonchev–Trinajstić information content (AvgIpc) is 3.34. The van der Waals surface area contributed by atoms with Crippen LogP contribution in [0.5, 0.6) is 5.75 Å². The van der Waals surface area contributed by atoms with Crippen molar-refractivity contribution in [3.8, 4) is 5.75 Å². The Morgan fingerprint density at radius 3 is 2.38 bits per heavy atom. The Bertz CT molecular complexity index is 1270. The van der Waals surface area contributed by atoms with E-state index in [0.29, 0.717) is 46.1 Å². The summed E-state index contributed by atoms with van der Waals surface area (Å²) in [5, 5.41) is 11.8. The summed E-state index contributed by atoms with van der Waals surface area (Å²) in [6.45, 7) is 8.33. The maximum Gasteiger partial charge on any atom is 0.300 e. The van der Waals surface area contributed by atoms with E-state index in [2.05, 4.69) is 13.8 Å². The molecule has 2 heterocycles. The third-order valence-corrected chi connectivity index (χ3v) is 5.85. The van der Waals surface area contributed by atoms with Crippen LogP contribution in [0.25, 0.3) is 5.76 Å². The van der Waals surface area contributed by atoms with E-state index in [4.69, 9.17) is 20.8 Å². The molecule has 0 aliphatic carbocycles. The van der Waals surface area contributed by atoms with Gasteiger partial charge in [-0.15, -0.1) is 0 Å². The summed E-state index contributed by atoms with van der Waals surface area (Å²) in [4.78, 5) is 27.7. The molecule has 0 bridgehead atoms. The first-order valence-electron chi connectivity index (χ1n) is 11.0. The van der Waals surface area contributed by atoms with Crippen molar-refractivity contribution in [3.63, 3.8) is 0 Å². The molecule has 1 saturated heterocycles. The monoisotopic (exact) mass is 479 g/mol. The van der Waals surface area contributed by atoms with Crippen LogP contribution in [-0.2, 0) is 9.59 Å². The van der Waals surface area contributed by atoms with Crippen LogP contribution in [0.15, 0.2) is 64.6 Å². The minimum atomic E-state index is -0.924. The first-order valence-corrected chi connectivity index (χ1v) is 11.4. The summed E-state index contributed by atoms with van der Waals surface area (Å²) in [5.41, 5.74) is 1.65. The number of hydrogen-bond acceptors (Lipinski definition) is 5. The molecule has 1 unspecified atom stereocenters. The van der Waals surface area contributed by atoms with Crippen molar-refractivity contribution in [2.45, 2.75) is 33.7 Å². The highest BCUT2D eigenvalue weighted by molar-refractivity contribution is 6.51. The number of hydrogen-bond donors (Lipinski definition) is 1. The fraction of sp³-hybridized carbons (Fsp3) is 0.259. The van der Waals surface area contributed by atoms with Gasteiger partial charge in [0.25, 0.3) is 11.7 Å². The Balaban J connectivity index is 1.82. The molecule has 7 heteroatoms. The number of benzene rings is 2. The van der Waals surface area contributed by atoms with Gasteiger partial charge in [-0.05, 0) is 79.9 Å². The van der Waals surface area contributed by atoms with Crippen LogP contribution in [-0.4, -0.2) is 23.4 Å². The smallest absolute Gasteiger partial charge is 0.300 e. The molecule has 34 heavy (non-hydrogen) atoms. The lowest BCUT2D eigenvalue weighted by Crippen LogP contribution is -2.29. The molecule has 3 aromatic rings. The molecule has 6 nitrogen and oxygen atoms in total. The molecule has 1 aliphatic heterocycles. The zero-order valence-electron chi connectivity index (χ0n) is 19.5. The van der Waals surface area contributed by atoms with Gasteiger partial charge in [-0.1, -0.05) is 25.4 Å². The topological polar surface area (TPSA) is 80.0 Å². The van der Waals surface area contributed by atoms with Crippen LogP contribution < -0.4 is 9.64 Å². The van der Waals surface area contributed by atoms with Gasteiger partial charge in [0.2, 0.25) is 0 Å². The summed E-state index contributed by atoms with van der Waals surface area (Å²) in [6, 6.07) is 14.3. The lowest BCUT2D eigenvalue weighted by Gasteiger charge is -2.23. The number of ketones is 1. The number of carbonyl (C=O) groups excluding carboxylic acids is 2. The third-order valence-electron chi connectivity index (χ3n) is 5.60. The molecule has 4 rings (SSSR count). The number of halogens is 1. The van der Waals surface area contributed by atoms with Crippen molar-refractivity contribution in [2.75, 3.05) is 11.5 Å². The second-order valence-electron chi connectivity index (χ2n) is 8.78. The van der Waals surface area contributed by atoms with Gasteiger partial charge in [0.1, 0.15) is 29.1 Å². The van der Waals surface area contributed by atoms with E-state index in [1.165, 1.54) is 4.90 Å². The second-order valence-corrected chi connectivity index (χ2v) is 9.22. The average molecular weight is 480 g/mol.